The molecule has 0 bridgehead atoms. The molecule has 0 spiro atoms. The monoisotopic (exact) mass is 366 g/mol. The molecule has 1 atom stereocenters. The van der Waals surface area contributed by atoms with Crippen molar-refractivity contribution in [2.75, 3.05) is 12.4 Å². The van der Waals surface area contributed by atoms with E-state index in [0.717, 1.165) is 5.69 Å². The molecule has 1 unspecified atom stereocenters. The Morgan fingerprint density at radius 2 is 2.12 bits per heavy atom. The smallest absolute Gasteiger partial charge is 0.275 e. The Morgan fingerprint density at radius 1 is 1.44 bits per heavy atom. The first-order chi connectivity index (χ1) is 11.7. The maximum absolute atomic E-state index is 12.4. The zero-order valence-electron chi connectivity index (χ0n) is 14.4. The number of rotatable bonds is 6. The van der Waals surface area contributed by atoms with Gasteiger partial charge in [-0.1, -0.05) is 18.5 Å². The lowest BCUT2D eigenvalue weighted by atomic mass is 10.1. The number of hydrogen-bond acceptors (Lipinski definition) is 5. The van der Waals surface area contributed by atoms with Crippen LogP contribution in [0.25, 0.3) is 0 Å². The van der Waals surface area contributed by atoms with Gasteiger partial charge in [0.2, 0.25) is 5.91 Å². The summed E-state index contributed by atoms with van der Waals surface area (Å²) in [4.78, 5) is 22.8. The van der Waals surface area contributed by atoms with Gasteiger partial charge >= 0.3 is 0 Å². The molecule has 0 saturated heterocycles. The van der Waals surface area contributed by atoms with Crippen molar-refractivity contribution in [3.63, 3.8) is 0 Å². The number of nitrogens with one attached hydrogen (secondary N) is 1. The zero-order chi connectivity index (χ0) is 18.7. The maximum atomic E-state index is 12.4. The molecule has 1 N–H and O–H groups in total. The number of aromatic nitrogens is 2. The van der Waals surface area contributed by atoms with E-state index in [9.17, 15) is 14.9 Å². The van der Waals surface area contributed by atoms with Crippen molar-refractivity contribution < 1.29 is 14.5 Å². The van der Waals surface area contributed by atoms with Crippen molar-refractivity contribution in [3.8, 4) is 5.75 Å². The molecule has 134 valence electrons. The topological polar surface area (TPSA) is 99.3 Å². The zero-order valence-corrected chi connectivity index (χ0v) is 15.1. The average molecular weight is 367 g/mol. The number of non-ortho nitro benzene ring substituents is 1. The molecule has 0 aliphatic carbocycles. The van der Waals surface area contributed by atoms with E-state index in [1.165, 1.54) is 25.3 Å². The number of nitro groups is 1. The fourth-order valence-corrected chi connectivity index (χ4v) is 2.47. The number of nitro benzene ring substituents is 1. The highest BCUT2D eigenvalue weighted by molar-refractivity contribution is 6.31. The van der Waals surface area contributed by atoms with Gasteiger partial charge in [-0.15, -0.1) is 0 Å². The van der Waals surface area contributed by atoms with E-state index in [-0.39, 0.29) is 11.6 Å². The first-order valence-corrected chi connectivity index (χ1v) is 7.94. The molecule has 0 aliphatic rings. The third kappa shape index (κ3) is 4.27. The van der Waals surface area contributed by atoms with Crippen LogP contribution in [0, 0.1) is 29.9 Å². The largest absolute Gasteiger partial charge is 0.496 e. The van der Waals surface area contributed by atoms with Crippen LogP contribution in [0.3, 0.4) is 0 Å². The Labute approximate surface area is 149 Å². The number of hydrogen-bond donors (Lipinski definition) is 1. The van der Waals surface area contributed by atoms with Crippen molar-refractivity contribution in [2.45, 2.75) is 27.3 Å². The molecule has 0 aliphatic heterocycles. The fraction of sp³-hybridized carbons (Fsp3) is 0.375. The number of nitrogens with zero attached hydrogens (tertiary/aromatic N) is 3. The predicted molar refractivity (Wildman–Crippen MR) is 94.2 cm³/mol. The van der Waals surface area contributed by atoms with Crippen LogP contribution in [0.4, 0.5) is 11.4 Å². The molecule has 0 fully saturated rings. The van der Waals surface area contributed by atoms with Gasteiger partial charge in [0, 0.05) is 12.1 Å². The van der Waals surface area contributed by atoms with Crippen molar-refractivity contribution in [1.29, 1.82) is 0 Å². The minimum atomic E-state index is -0.542. The molecule has 25 heavy (non-hydrogen) atoms. The molecule has 2 rings (SSSR count). The Hall–Kier alpha value is -2.61. The molecule has 1 aromatic heterocycles. The number of amides is 1. The van der Waals surface area contributed by atoms with E-state index in [1.54, 1.807) is 18.5 Å². The standard InChI is InChI=1S/C16H19ClN4O4/c1-9(8-20-11(3)15(17)10(2)19-20)16(22)18-12-5-13(21(23)24)7-14(6-12)25-4/h5-7,9H,8H2,1-4H3,(H,18,22). The van der Waals surface area contributed by atoms with Gasteiger partial charge in [0.1, 0.15) is 5.75 Å². The van der Waals surface area contributed by atoms with Crippen LogP contribution in [0.5, 0.6) is 5.75 Å². The molecule has 9 heteroatoms. The number of aryl methyl sites for hydroxylation is 1. The van der Waals surface area contributed by atoms with Crippen LogP contribution in [-0.4, -0.2) is 27.7 Å². The van der Waals surface area contributed by atoms with Gasteiger partial charge in [-0.05, 0) is 13.8 Å². The van der Waals surface area contributed by atoms with Gasteiger partial charge in [-0.2, -0.15) is 5.10 Å². The second-order valence-electron chi connectivity index (χ2n) is 5.73. The number of carbonyl (C=O) groups excluding carboxylic acids is 1. The van der Waals surface area contributed by atoms with Gasteiger partial charge in [0.15, 0.2) is 0 Å². The maximum Gasteiger partial charge on any atom is 0.275 e. The van der Waals surface area contributed by atoms with Crippen molar-refractivity contribution in [2.24, 2.45) is 5.92 Å². The lowest BCUT2D eigenvalue weighted by molar-refractivity contribution is -0.384. The second kappa shape index (κ2) is 7.52. The van der Waals surface area contributed by atoms with E-state index >= 15 is 0 Å². The van der Waals surface area contributed by atoms with Crippen molar-refractivity contribution >= 4 is 28.9 Å². The van der Waals surface area contributed by atoms with E-state index in [1.807, 2.05) is 6.92 Å². The molecular weight excluding hydrogens is 348 g/mol. The third-order valence-electron chi connectivity index (χ3n) is 3.79. The number of halogens is 1. The first-order valence-electron chi connectivity index (χ1n) is 7.56. The summed E-state index contributed by atoms with van der Waals surface area (Å²) >= 11 is 6.11. The van der Waals surface area contributed by atoms with Gasteiger partial charge in [-0.3, -0.25) is 19.6 Å². The average Bonchev–Trinajstić information content (AvgIpc) is 2.81. The SMILES string of the molecule is COc1cc(NC(=O)C(C)Cn2nc(C)c(Cl)c2C)cc([N+](=O)[O-])c1. The fourth-order valence-electron chi connectivity index (χ4n) is 2.34. The van der Waals surface area contributed by atoms with Crippen LogP contribution in [0.2, 0.25) is 5.02 Å². The minimum absolute atomic E-state index is 0.160. The highest BCUT2D eigenvalue weighted by Crippen LogP contribution is 2.26. The number of benzene rings is 1. The van der Waals surface area contributed by atoms with E-state index in [2.05, 4.69) is 10.4 Å². The van der Waals surface area contributed by atoms with Crippen LogP contribution in [0.15, 0.2) is 18.2 Å². The number of carbonyl (C=O) groups is 1. The number of ether oxygens (including phenoxy) is 1. The molecule has 0 saturated carbocycles. The quantitative estimate of drug-likeness (QED) is 0.624. The van der Waals surface area contributed by atoms with E-state index in [4.69, 9.17) is 16.3 Å². The van der Waals surface area contributed by atoms with Crippen LogP contribution in [0.1, 0.15) is 18.3 Å². The molecular formula is C16H19ClN4O4. The summed E-state index contributed by atoms with van der Waals surface area (Å²) < 4.78 is 6.71. The lowest BCUT2D eigenvalue weighted by Crippen LogP contribution is -2.25. The van der Waals surface area contributed by atoms with Gasteiger partial charge in [-0.25, -0.2) is 0 Å². The molecule has 8 nitrogen and oxygen atoms in total. The highest BCUT2D eigenvalue weighted by atomic mass is 35.5. The Bertz CT molecular complexity index is 819. The van der Waals surface area contributed by atoms with Gasteiger partial charge < -0.3 is 10.1 Å². The lowest BCUT2D eigenvalue weighted by Gasteiger charge is -2.14. The minimum Gasteiger partial charge on any atom is -0.496 e. The van der Waals surface area contributed by atoms with Crippen LogP contribution < -0.4 is 10.1 Å². The molecule has 1 amide bonds. The summed E-state index contributed by atoms with van der Waals surface area (Å²) in [6, 6.07) is 4.10. The summed E-state index contributed by atoms with van der Waals surface area (Å²) in [5, 5.41) is 18.5. The number of anilines is 1. The molecule has 2 aromatic rings. The normalized spacial score (nSPS) is 11.9. The Balaban J connectivity index is 2.14. The summed E-state index contributed by atoms with van der Waals surface area (Å²) in [6.45, 7) is 5.72. The Morgan fingerprint density at radius 3 is 2.64 bits per heavy atom. The molecule has 1 heterocycles. The second-order valence-corrected chi connectivity index (χ2v) is 6.11. The van der Waals surface area contributed by atoms with Crippen LogP contribution in [-0.2, 0) is 11.3 Å². The Kier molecular flexibility index (Phi) is 5.63. The van der Waals surface area contributed by atoms with E-state index < -0.39 is 10.8 Å². The summed E-state index contributed by atoms with van der Waals surface area (Å²) in [6.07, 6.45) is 0. The van der Waals surface area contributed by atoms with E-state index in [0.29, 0.717) is 28.7 Å². The van der Waals surface area contributed by atoms with Gasteiger partial charge in [0.25, 0.3) is 5.69 Å². The number of methoxy groups -OCH3 is 1. The third-order valence-corrected chi connectivity index (χ3v) is 4.34. The molecule has 1 aromatic carbocycles. The van der Waals surface area contributed by atoms with Crippen molar-refractivity contribution in [1.82, 2.24) is 9.78 Å². The van der Waals surface area contributed by atoms with Crippen LogP contribution >= 0.6 is 11.6 Å². The highest BCUT2D eigenvalue weighted by Gasteiger charge is 2.19. The summed E-state index contributed by atoms with van der Waals surface area (Å²) in [5.41, 5.74) is 1.63. The summed E-state index contributed by atoms with van der Waals surface area (Å²) in [5.74, 6) is -0.409. The van der Waals surface area contributed by atoms with Gasteiger partial charge in [0.05, 0.1) is 52.7 Å². The first kappa shape index (κ1) is 18.7. The molecule has 0 radical (unpaired) electrons. The predicted octanol–water partition coefficient (Wildman–Crippen LogP) is 3.34. The van der Waals surface area contributed by atoms with Crippen molar-refractivity contribution in [3.05, 3.63) is 44.7 Å². The summed E-state index contributed by atoms with van der Waals surface area (Å²) in [7, 11) is 1.40.